The maximum Gasteiger partial charge on any atom is 0.300 e. The maximum absolute atomic E-state index is 13.1. The van der Waals surface area contributed by atoms with Gasteiger partial charge in [0.2, 0.25) is 11.6 Å². The van der Waals surface area contributed by atoms with E-state index in [1.54, 1.807) is 38.2 Å². The molecule has 4 heterocycles. The predicted molar refractivity (Wildman–Crippen MR) is 140 cm³/mol. The van der Waals surface area contributed by atoms with Crippen molar-refractivity contribution in [2.75, 3.05) is 25.0 Å². The van der Waals surface area contributed by atoms with Gasteiger partial charge >= 0.3 is 0 Å². The summed E-state index contributed by atoms with van der Waals surface area (Å²) in [7, 11) is -2.52. The number of thiazole rings is 1. The fraction of sp³-hybridized carbons (Fsp3) is 0.333. The quantitative estimate of drug-likeness (QED) is 0.297. The van der Waals surface area contributed by atoms with Crippen molar-refractivity contribution < 1.29 is 22.6 Å². The van der Waals surface area contributed by atoms with Gasteiger partial charge in [0, 0.05) is 23.5 Å². The van der Waals surface area contributed by atoms with Gasteiger partial charge in [-0.25, -0.2) is 23.4 Å². The van der Waals surface area contributed by atoms with Crippen LogP contribution in [0.5, 0.6) is 11.6 Å². The SMILES string of the molecule is COc1ncc(-c2ccc3ncc(OCCOC(C)C)c(=O)n3c2)cc1NS(=O)(=O)c1sc(C)nc1C. The van der Waals surface area contributed by atoms with Crippen molar-refractivity contribution in [2.24, 2.45) is 0 Å². The second kappa shape index (κ2) is 10.8. The first-order valence-corrected chi connectivity index (χ1v) is 13.7. The number of nitrogens with one attached hydrogen (secondary N) is 1. The summed E-state index contributed by atoms with van der Waals surface area (Å²) in [4.78, 5) is 25.8. The average Bonchev–Trinajstić information content (AvgIpc) is 3.21. The second-order valence-corrected chi connectivity index (χ2v) is 11.4. The summed E-state index contributed by atoms with van der Waals surface area (Å²) < 4.78 is 46.4. The number of hydrogen-bond donors (Lipinski definition) is 1. The van der Waals surface area contributed by atoms with E-state index in [1.807, 2.05) is 13.8 Å². The number of aromatic nitrogens is 4. The third-order valence-electron chi connectivity index (χ3n) is 5.19. The van der Waals surface area contributed by atoms with Gasteiger partial charge in [-0.05, 0) is 45.9 Å². The van der Waals surface area contributed by atoms with Crippen LogP contribution < -0.4 is 19.8 Å². The van der Waals surface area contributed by atoms with Crippen molar-refractivity contribution in [2.45, 2.75) is 38.0 Å². The van der Waals surface area contributed by atoms with Crippen LogP contribution >= 0.6 is 11.3 Å². The Morgan fingerprint density at radius 2 is 1.89 bits per heavy atom. The maximum atomic E-state index is 13.1. The van der Waals surface area contributed by atoms with E-state index in [4.69, 9.17) is 14.2 Å². The lowest BCUT2D eigenvalue weighted by Gasteiger charge is -2.13. The van der Waals surface area contributed by atoms with E-state index in [2.05, 4.69) is 19.7 Å². The highest BCUT2D eigenvalue weighted by molar-refractivity contribution is 7.94. The molecule has 37 heavy (non-hydrogen) atoms. The lowest BCUT2D eigenvalue weighted by Crippen LogP contribution is -2.20. The number of nitrogens with zero attached hydrogens (tertiary/aromatic N) is 4. The van der Waals surface area contributed by atoms with Gasteiger partial charge in [0.05, 0.1) is 36.7 Å². The molecule has 0 aliphatic rings. The van der Waals surface area contributed by atoms with Crippen molar-refractivity contribution in [1.29, 1.82) is 0 Å². The minimum absolute atomic E-state index is 0.0598. The number of sulfonamides is 1. The first kappa shape index (κ1) is 26.5. The molecular weight excluding hydrogens is 518 g/mol. The van der Waals surface area contributed by atoms with Crippen LogP contribution in [0.4, 0.5) is 5.69 Å². The Balaban J connectivity index is 1.67. The molecule has 0 bridgehead atoms. The van der Waals surface area contributed by atoms with Crippen LogP contribution in [0.15, 0.2) is 45.8 Å². The summed E-state index contributed by atoms with van der Waals surface area (Å²) in [6, 6.07) is 5.03. The molecule has 0 unspecified atom stereocenters. The highest BCUT2D eigenvalue weighted by Crippen LogP contribution is 2.32. The number of aryl methyl sites for hydroxylation is 2. The molecule has 0 atom stereocenters. The monoisotopic (exact) mass is 545 g/mol. The number of rotatable bonds is 10. The topological polar surface area (TPSA) is 134 Å². The van der Waals surface area contributed by atoms with Gasteiger partial charge in [-0.2, -0.15) is 0 Å². The van der Waals surface area contributed by atoms with E-state index in [-0.39, 0.29) is 39.8 Å². The highest BCUT2D eigenvalue weighted by atomic mass is 32.2. The molecule has 0 aliphatic heterocycles. The molecule has 0 radical (unpaired) electrons. The van der Waals surface area contributed by atoms with Gasteiger partial charge in [0.1, 0.15) is 17.9 Å². The van der Waals surface area contributed by atoms with Crippen LogP contribution in [0.3, 0.4) is 0 Å². The molecule has 0 saturated heterocycles. The van der Waals surface area contributed by atoms with E-state index in [0.29, 0.717) is 34.1 Å². The molecule has 1 N–H and O–H groups in total. The third-order valence-corrected chi connectivity index (χ3v) is 8.24. The van der Waals surface area contributed by atoms with E-state index in [9.17, 15) is 13.2 Å². The van der Waals surface area contributed by atoms with Gasteiger partial charge in [-0.3, -0.25) is 13.9 Å². The summed E-state index contributed by atoms with van der Waals surface area (Å²) in [6.45, 7) is 7.77. The molecule has 0 amide bonds. The Bertz CT molecular complexity index is 1600. The second-order valence-electron chi connectivity index (χ2n) is 8.33. The van der Waals surface area contributed by atoms with Crippen LogP contribution in [0, 0.1) is 13.8 Å². The van der Waals surface area contributed by atoms with Crippen LogP contribution in [0.25, 0.3) is 16.8 Å². The average molecular weight is 546 g/mol. The molecule has 4 rings (SSSR count). The zero-order valence-electron chi connectivity index (χ0n) is 21.0. The van der Waals surface area contributed by atoms with Crippen LogP contribution in [0.1, 0.15) is 24.5 Å². The van der Waals surface area contributed by atoms with Crippen molar-refractivity contribution >= 4 is 32.7 Å². The van der Waals surface area contributed by atoms with Crippen LogP contribution in [0.2, 0.25) is 0 Å². The summed E-state index contributed by atoms with van der Waals surface area (Å²) in [5.74, 6) is 0.198. The van der Waals surface area contributed by atoms with Gasteiger partial charge in [0.15, 0.2) is 4.21 Å². The number of methoxy groups -OCH3 is 1. The largest absolute Gasteiger partial charge is 0.484 e. The normalized spacial score (nSPS) is 11.7. The summed E-state index contributed by atoms with van der Waals surface area (Å²) in [6.07, 6.45) is 4.57. The van der Waals surface area contributed by atoms with Crippen molar-refractivity contribution in [1.82, 2.24) is 19.4 Å². The summed E-state index contributed by atoms with van der Waals surface area (Å²) in [5.41, 5.74) is 1.78. The molecule has 11 nitrogen and oxygen atoms in total. The first-order valence-electron chi connectivity index (χ1n) is 11.4. The minimum Gasteiger partial charge on any atom is -0.484 e. The molecule has 0 saturated carbocycles. The minimum atomic E-state index is -3.92. The van der Waals surface area contributed by atoms with Crippen molar-refractivity contribution in [3.8, 4) is 22.8 Å². The molecular formula is C24H27N5O6S2. The number of fused-ring (bicyclic) bond motifs is 1. The van der Waals surface area contributed by atoms with Gasteiger partial charge < -0.3 is 14.2 Å². The molecule has 0 spiro atoms. The molecule has 4 aromatic heterocycles. The Morgan fingerprint density at radius 1 is 1.11 bits per heavy atom. The van der Waals surface area contributed by atoms with Crippen LogP contribution in [-0.2, 0) is 14.8 Å². The fourth-order valence-electron chi connectivity index (χ4n) is 3.56. The fourth-order valence-corrected chi connectivity index (χ4v) is 6.10. The Kier molecular flexibility index (Phi) is 7.76. The van der Waals surface area contributed by atoms with E-state index >= 15 is 0 Å². The van der Waals surface area contributed by atoms with Crippen molar-refractivity contribution in [3.63, 3.8) is 0 Å². The smallest absolute Gasteiger partial charge is 0.300 e. The Labute approximate surface area is 218 Å². The molecule has 13 heteroatoms. The highest BCUT2D eigenvalue weighted by Gasteiger charge is 2.23. The van der Waals surface area contributed by atoms with Crippen molar-refractivity contribution in [3.05, 3.63) is 57.8 Å². The lowest BCUT2D eigenvalue weighted by molar-refractivity contribution is 0.0548. The van der Waals surface area contributed by atoms with E-state index in [0.717, 1.165) is 11.3 Å². The predicted octanol–water partition coefficient (Wildman–Crippen LogP) is 3.44. The number of hydrogen-bond acceptors (Lipinski definition) is 10. The zero-order chi connectivity index (χ0) is 26.7. The number of ether oxygens (including phenoxy) is 3. The molecule has 0 aromatic carbocycles. The third kappa shape index (κ3) is 5.89. The molecule has 0 aliphatic carbocycles. The molecule has 0 fully saturated rings. The Hall–Kier alpha value is -3.55. The summed E-state index contributed by atoms with van der Waals surface area (Å²) >= 11 is 1.08. The zero-order valence-corrected chi connectivity index (χ0v) is 22.6. The standard InChI is InChI=1S/C24H27N5O6S2/c1-14(2)34-8-9-35-20-12-25-21-7-6-17(13-29(21)23(20)30)18-10-19(22(33-5)26-11-18)28-37(31,32)24-15(3)27-16(4)36-24/h6-7,10-14,28H,8-9H2,1-5H3. The van der Waals surface area contributed by atoms with E-state index in [1.165, 1.54) is 23.9 Å². The summed E-state index contributed by atoms with van der Waals surface area (Å²) in [5, 5.41) is 0.641. The Morgan fingerprint density at radius 3 is 2.57 bits per heavy atom. The lowest BCUT2D eigenvalue weighted by atomic mass is 10.1. The van der Waals surface area contributed by atoms with Gasteiger partial charge in [-0.1, -0.05) is 0 Å². The number of pyridine rings is 2. The first-order chi connectivity index (χ1) is 17.6. The van der Waals surface area contributed by atoms with E-state index < -0.39 is 10.0 Å². The van der Waals surface area contributed by atoms with Crippen LogP contribution in [-0.4, -0.2) is 54.2 Å². The van der Waals surface area contributed by atoms with Gasteiger partial charge in [0.25, 0.3) is 15.6 Å². The molecule has 4 aromatic rings. The molecule has 196 valence electrons. The van der Waals surface area contributed by atoms with Gasteiger partial charge in [-0.15, -0.1) is 11.3 Å². The number of anilines is 1.